The Morgan fingerprint density at radius 1 is 1.33 bits per heavy atom. The lowest BCUT2D eigenvalue weighted by Gasteiger charge is -2.49. The van der Waals surface area contributed by atoms with Crippen LogP contribution in [0.2, 0.25) is 0 Å². The first-order chi connectivity index (χ1) is 12.8. The van der Waals surface area contributed by atoms with Gasteiger partial charge in [0.05, 0.1) is 19.2 Å². The standard InChI is InChI=1S/C18H23F3N2O4/c1-26-15-3-2-4-16(27-18(19,20)21)13(15)8-22-17(25)23-9-11-5-6-14(23)12(7-11)10-24/h2-4,11-12,14,24H,5-10H2,1H3,(H,22,25). The number of hydrogen-bond donors (Lipinski definition) is 2. The molecule has 3 aliphatic rings. The molecule has 1 aliphatic carbocycles. The molecule has 150 valence electrons. The van der Waals surface area contributed by atoms with Gasteiger partial charge in [-0.25, -0.2) is 4.79 Å². The van der Waals surface area contributed by atoms with Gasteiger partial charge in [0.25, 0.3) is 0 Å². The van der Waals surface area contributed by atoms with E-state index in [1.54, 1.807) is 4.90 Å². The second kappa shape index (κ2) is 7.84. The van der Waals surface area contributed by atoms with Gasteiger partial charge in [-0.15, -0.1) is 13.2 Å². The summed E-state index contributed by atoms with van der Waals surface area (Å²) < 4.78 is 47.1. The van der Waals surface area contributed by atoms with Gasteiger partial charge >= 0.3 is 12.4 Å². The van der Waals surface area contributed by atoms with Gasteiger partial charge < -0.3 is 24.8 Å². The quantitative estimate of drug-likeness (QED) is 0.814. The predicted molar refractivity (Wildman–Crippen MR) is 90.3 cm³/mol. The number of ether oxygens (including phenoxy) is 2. The van der Waals surface area contributed by atoms with Gasteiger partial charge in [0.15, 0.2) is 0 Å². The third-order valence-corrected chi connectivity index (χ3v) is 5.35. The molecule has 4 rings (SSSR count). The Bertz CT molecular complexity index is 683. The fourth-order valence-electron chi connectivity index (χ4n) is 4.16. The van der Waals surface area contributed by atoms with E-state index in [4.69, 9.17) is 4.74 Å². The van der Waals surface area contributed by atoms with Crippen molar-refractivity contribution in [3.8, 4) is 11.5 Å². The number of hydrogen-bond acceptors (Lipinski definition) is 4. The molecule has 3 unspecified atom stereocenters. The average molecular weight is 388 g/mol. The number of carbonyl (C=O) groups excluding carboxylic acids is 1. The number of alkyl halides is 3. The van der Waals surface area contributed by atoms with Crippen LogP contribution in [0.3, 0.4) is 0 Å². The molecular formula is C18H23F3N2O4. The number of benzene rings is 1. The van der Waals surface area contributed by atoms with Crippen molar-refractivity contribution < 1.29 is 32.5 Å². The smallest absolute Gasteiger partial charge is 0.496 e. The molecule has 2 N–H and O–H groups in total. The van der Waals surface area contributed by atoms with Crippen molar-refractivity contribution in [1.29, 1.82) is 0 Å². The number of fused-ring (bicyclic) bond motifs is 3. The third-order valence-electron chi connectivity index (χ3n) is 5.35. The number of piperidine rings is 2. The number of aliphatic hydroxyl groups is 1. The van der Waals surface area contributed by atoms with E-state index in [-0.39, 0.29) is 42.5 Å². The Labute approximate surface area is 155 Å². The average Bonchev–Trinajstić information content (AvgIpc) is 2.65. The Morgan fingerprint density at radius 3 is 2.70 bits per heavy atom. The van der Waals surface area contributed by atoms with E-state index in [1.165, 1.54) is 25.3 Å². The molecule has 1 aromatic carbocycles. The maximum Gasteiger partial charge on any atom is 0.573 e. The molecule has 6 nitrogen and oxygen atoms in total. The highest BCUT2D eigenvalue weighted by molar-refractivity contribution is 5.75. The van der Waals surface area contributed by atoms with Crippen molar-refractivity contribution in [3.63, 3.8) is 0 Å². The van der Waals surface area contributed by atoms with Crippen LogP contribution in [-0.2, 0) is 6.54 Å². The van der Waals surface area contributed by atoms with Crippen molar-refractivity contribution in [2.75, 3.05) is 20.3 Å². The molecule has 1 aromatic rings. The van der Waals surface area contributed by atoms with E-state index in [1.807, 2.05) is 0 Å². The highest BCUT2D eigenvalue weighted by Crippen LogP contribution is 2.39. The molecule has 3 fully saturated rings. The number of urea groups is 1. The van der Waals surface area contributed by atoms with Gasteiger partial charge in [-0.2, -0.15) is 0 Å². The van der Waals surface area contributed by atoms with Gasteiger partial charge in [-0.05, 0) is 37.3 Å². The number of methoxy groups -OCH3 is 1. The molecule has 2 saturated heterocycles. The molecule has 27 heavy (non-hydrogen) atoms. The Balaban J connectivity index is 1.72. The molecular weight excluding hydrogens is 365 g/mol. The van der Waals surface area contributed by atoms with Crippen LogP contribution in [0.1, 0.15) is 24.8 Å². The molecule has 1 saturated carbocycles. The summed E-state index contributed by atoms with van der Waals surface area (Å²) in [6.07, 6.45) is -2.08. The van der Waals surface area contributed by atoms with E-state index in [9.17, 15) is 23.1 Å². The first kappa shape index (κ1) is 19.6. The van der Waals surface area contributed by atoms with Gasteiger partial charge in [0, 0.05) is 25.1 Å². The first-order valence-corrected chi connectivity index (χ1v) is 8.89. The van der Waals surface area contributed by atoms with Gasteiger partial charge in [-0.3, -0.25) is 0 Å². The Morgan fingerprint density at radius 2 is 2.07 bits per heavy atom. The highest BCUT2D eigenvalue weighted by atomic mass is 19.4. The number of aliphatic hydroxyl groups excluding tert-OH is 1. The van der Waals surface area contributed by atoms with Crippen molar-refractivity contribution in [1.82, 2.24) is 10.2 Å². The number of nitrogens with zero attached hydrogens (tertiary/aromatic N) is 1. The molecule has 0 radical (unpaired) electrons. The van der Waals surface area contributed by atoms with Crippen LogP contribution in [0, 0.1) is 11.8 Å². The summed E-state index contributed by atoms with van der Waals surface area (Å²) >= 11 is 0. The summed E-state index contributed by atoms with van der Waals surface area (Å²) in [7, 11) is 1.34. The normalized spacial score (nSPS) is 24.6. The van der Waals surface area contributed by atoms with Crippen LogP contribution in [0.4, 0.5) is 18.0 Å². The SMILES string of the molecule is COc1cccc(OC(F)(F)F)c1CNC(=O)N1CC2CCC1C(CO)C2. The van der Waals surface area contributed by atoms with E-state index in [0.717, 1.165) is 19.3 Å². The van der Waals surface area contributed by atoms with Crippen LogP contribution in [0.25, 0.3) is 0 Å². The topological polar surface area (TPSA) is 71.0 Å². The van der Waals surface area contributed by atoms with Crippen molar-refractivity contribution in [2.24, 2.45) is 11.8 Å². The number of halogens is 3. The fraction of sp³-hybridized carbons (Fsp3) is 0.611. The molecule has 0 spiro atoms. The first-order valence-electron chi connectivity index (χ1n) is 8.89. The summed E-state index contributed by atoms with van der Waals surface area (Å²) in [6, 6.07) is 3.69. The van der Waals surface area contributed by atoms with E-state index < -0.39 is 12.1 Å². The third kappa shape index (κ3) is 4.40. The minimum Gasteiger partial charge on any atom is -0.496 e. The maximum absolute atomic E-state index is 12.6. The van der Waals surface area contributed by atoms with Crippen molar-refractivity contribution in [3.05, 3.63) is 23.8 Å². The lowest BCUT2D eigenvalue weighted by Crippen LogP contribution is -2.58. The zero-order chi connectivity index (χ0) is 19.6. The summed E-state index contributed by atoms with van der Waals surface area (Å²) in [6.45, 7) is 0.470. The summed E-state index contributed by atoms with van der Waals surface area (Å²) in [4.78, 5) is 14.3. The summed E-state index contributed by atoms with van der Waals surface area (Å²) in [5.41, 5.74) is 0.117. The van der Waals surface area contributed by atoms with Crippen LogP contribution < -0.4 is 14.8 Å². The maximum atomic E-state index is 12.6. The fourth-order valence-corrected chi connectivity index (χ4v) is 4.16. The minimum absolute atomic E-state index is 0.0288. The Kier molecular flexibility index (Phi) is 5.69. The van der Waals surface area contributed by atoms with Gasteiger partial charge in [-0.1, -0.05) is 6.07 Å². The molecule has 0 aromatic heterocycles. The molecule has 2 amide bonds. The monoisotopic (exact) mass is 388 g/mol. The number of amides is 2. The lowest BCUT2D eigenvalue weighted by molar-refractivity contribution is -0.274. The number of nitrogens with one attached hydrogen (secondary N) is 1. The van der Waals surface area contributed by atoms with E-state index in [0.29, 0.717) is 12.5 Å². The molecule has 2 bridgehead atoms. The van der Waals surface area contributed by atoms with Crippen molar-refractivity contribution >= 4 is 6.03 Å². The molecule has 9 heteroatoms. The molecule has 2 heterocycles. The van der Waals surface area contributed by atoms with Crippen LogP contribution >= 0.6 is 0 Å². The minimum atomic E-state index is -4.84. The molecule has 2 aliphatic heterocycles. The number of carbonyl (C=O) groups is 1. The predicted octanol–water partition coefficient (Wildman–Crippen LogP) is 2.90. The second-order valence-electron chi connectivity index (χ2n) is 6.98. The number of rotatable bonds is 5. The largest absolute Gasteiger partial charge is 0.573 e. The zero-order valence-corrected chi connectivity index (χ0v) is 15.0. The van der Waals surface area contributed by atoms with Crippen LogP contribution in [0.15, 0.2) is 18.2 Å². The second-order valence-corrected chi connectivity index (χ2v) is 6.98. The summed E-state index contributed by atoms with van der Waals surface area (Å²) in [5.74, 6) is 0.202. The van der Waals surface area contributed by atoms with E-state index >= 15 is 0 Å². The summed E-state index contributed by atoms with van der Waals surface area (Å²) in [5, 5.41) is 12.2. The van der Waals surface area contributed by atoms with E-state index in [2.05, 4.69) is 10.1 Å². The zero-order valence-electron chi connectivity index (χ0n) is 15.0. The van der Waals surface area contributed by atoms with Gasteiger partial charge in [0.2, 0.25) is 0 Å². The van der Waals surface area contributed by atoms with Crippen molar-refractivity contribution in [2.45, 2.75) is 38.2 Å². The Hall–Kier alpha value is -2.16. The van der Waals surface area contributed by atoms with Gasteiger partial charge in [0.1, 0.15) is 11.5 Å². The van der Waals surface area contributed by atoms with Crippen LogP contribution in [-0.4, -0.2) is 48.7 Å². The van der Waals surface area contributed by atoms with Crippen LogP contribution in [0.5, 0.6) is 11.5 Å². The lowest BCUT2D eigenvalue weighted by atomic mass is 9.73. The molecule has 3 atom stereocenters. The highest BCUT2D eigenvalue weighted by Gasteiger charge is 2.42.